The Morgan fingerprint density at radius 3 is 2.58 bits per heavy atom. The van der Waals surface area contributed by atoms with E-state index in [0.29, 0.717) is 29.8 Å². The van der Waals surface area contributed by atoms with E-state index in [1.54, 1.807) is 12.1 Å². The Balaban J connectivity index is 1.58. The molecule has 1 aliphatic carbocycles. The highest BCUT2D eigenvalue weighted by molar-refractivity contribution is 5.91. The second-order valence-electron chi connectivity index (χ2n) is 8.27. The van der Waals surface area contributed by atoms with E-state index in [1.165, 1.54) is 25.3 Å². The zero-order valence-corrected chi connectivity index (χ0v) is 17.4. The van der Waals surface area contributed by atoms with Crippen LogP contribution in [0.4, 0.5) is 23.2 Å². The summed E-state index contributed by atoms with van der Waals surface area (Å²) in [6, 6.07) is 13.1. The standard InChI is InChI=1S/C24H24F4N2O/c1-15-6-8-18-20(4-3-5-21(18)30-15)29-14-16(24(26,27)28)13-23(10-11-23)19-12-17(25)7-9-22(19)31-2/h3-9,12,16,29H,10-11,13-14H2,1-2H3. The molecule has 2 aromatic carbocycles. The van der Waals surface area contributed by atoms with Crippen LogP contribution in [0.1, 0.15) is 30.5 Å². The van der Waals surface area contributed by atoms with E-state index in [-0.39, 0.29) is 13.0 Å². The van der Waals surface area contributed by atoms with Gasteiger partial charge >= 0.3 is 6.18 Å². The number of pyridine rings is 1. The van der Waals surface area contributed by atoms with E-state index in [4.69, 9.17) is 4.74 Å². The lowest BCUT2D eigenvalue weighted by Gasteiger charge is -2.27. The van der Waals surface area contributed by atoms with Crippen molar-refractivity contribution in [2.45, 2.75) is 37.8 Å². The highest BCUT2D eigenvalue weighted by atomic mass is 19.4. The van der Waals surface area contributed by atoms with Crippen LogP contribution in [0.2, 0.25) is 0 Å². The lowest BCUT2D eigenvalue weighted by molar-refractivity contribution is -0.174. The van der Waals surface area contributed by atoms with E-state index in [0.717, 1.165) is 16.6 Å². The van der Waals surface area contributed by atoms with Crippen LogP contribution < -0.4 is 10.1 Å². The molecule has 164 valence electrons. The molecule has 0 amide bonds. The smallest absolute Gasteiger partial charge is 0.393 e. The monoisotopic (exact) mass is 432 g/mol. The third-order valence-electron chi connectivity index (χ3n) is 6.10. The van der Waals surface area contributed by atoms with Gasteiger partial charge in [-0.3, -0.25) is 4.98 Å². The van der Waals surface area contributed by atoms with Gasteiger partial charge in [-0.2, -0.15) is 13.2 Å². The van der Waals surface area contributed by atoms with Crippen LogP contribution in [0, 0.1) is 18.7 Å². The number of ether oxygens (including phenoxy) is 1. The van der Waals surface area contributed by atoms with E-state index in [2.05, 4.69) is 10.3 Å². The molecule has 31 heavy (non-hydrogen) atoms. The van der Waals surface area contributed by atoms with Crippen molar-refractivity contribution in [1.82, 2.24) is 4.98 Å². The van der Waals surface area contributed by atoms with E-state index < -0.39 is 23.3 Å². The molecule has 1 fully saturated rings. The molecular weight excluding hydrogens is 408 g/mol. The largest absolute Gasteiger partial charge is 0.496 e. The summed E-state index contributed by atoms with van der Waals surface area (Å²) < 4.78 is 61.1. The number of methoxy groups -OCH3 is 1. The number of nitrogens with one attached hydrogen (secondary N) is 1. The van der Waals surface area contributed by atoms with Gasteiger partial charge in [0.2, 0.25) is 0 Å². The molecule has 0 aliphatic heterocycles. The van der Waals surface area contributed by atoms with Crippen LogP contribution in [0.25, 0.3) is 10.9 Å². The number of fused-ring (bicyclic) bond motifs is 1. The second kappa shape index (κ2) is 8.02. The number of nitrogens with zero attached hydrogens (tertiary/aromatic N) is 1. The summed E-state index contributed by atoms with van der Waals surface area (Å²) in [6.07, 6.45) is -3.35. The Morgan fingerprint density at radius 1 is 1.13 bits per heavy atom. The first-order valence-corrected chi connectivity index (χ1v) is 10.2. The summed E-state index contributed by atoms with van der Waals surface area (Å²) in [4.78, 5) is 4.44. The number of hydrogen-bond donors (Lipinski definition) is 1. The molecule has 0 spiro atoms. The SMILES string of the molecule is COc1ccc(F)cc1C1(CC(CNc2cccc3nc(C)ccc23)C(F)(F)F)CC1. The Labute approximate surface area is 178 Å². The third-order valence-corrected chi connectivity index (χ3v) is 6.10. The van der Waals surface area contributed by atoms with Gasteiger partial charge in [-0.25, -0.2) is 4.39 Å². The van der Waals surface area contributed by atoms with Gasteiger partial charge in [0.15, 0.2) is 0 Å². The average Bonchev–Trinajstić information content (AvgIpc) is 3.50. The summed E-state index contributed by atoms with van der Waals surface area (Å²) in [5.74, 6) is -1.62. The maximum Gasteiger partial charge on any atom is 0.393 e. The van der Waals surface area contributed by atoms with Gasteiger partial charge < -0.3 is 10.1 Å². The summed E-state index contributed by atoms with van der Waals surface area (Å²) in [5.41, 5.74) is 2.00. The average molecular weight is 432 g/mol. The number of aryl methyl sites for hydroxylation is 1. The number of benzene rings is 2. The molecule has 1 unspecified atom stereocenters. The topological polar surface area (TPSA) is 34.1 Å². The van der Waals surface area contributed by atoms with Crippen molar-refractivity contribution in [3.63, 3.8) is 0 Å². The van der Waals surface area contributed by atoms with Crippen molar-refractivity contribution in [2.75, 3.05) is 19.0 Å². The minimum atomic E-state index is -4.39. The van der Waals surface area contributed by atoms with Crippen LogP contribution in [-0.2, 0) is 5.41 Å². The molecular formula is C24H24F4N2O. The van der Waals surface area contributed by atoms with Crippen molar-refractivity contribution in [3.05, 3.63) is 65.6 Å². The molecule has 0 saturated heterocycles. The second-order valence-corrected chi connectivity index (χ2v) is 8.27. The molecule has 1 heterocycles. The van der Waals surface area contributed by atoms with E-state index in [9.17, 15) is 17.6 Å². The molecule has 1 saturated carbocycles. The van der Waals surface area contributed by atoms with Gasteiger partial charge in [-0.05, 0) is 74.1 Å². The van der Waals surface area contributed by atoms with Gasteiger partial charge in [0.25, 0.3) is 0 Å². The minimum absolute atomic E-state index is 0.120. The first-order valence-electron chi connectivity index (χ1n) is 10.2. The van der Waals surface area contributed by atoms with Crippen LogP contribution in [0.15, 0.2) is 48.5 Å². The molecule has 0 radical (unpaired) electrons. The van der Waals surface area contributed by atoms with Gasteiger partial charge in [0, 0.05) is 28.9 Å². The van der Waals surface area contributed by atoms with Crippen molar-refractivity contribution >= 4 is 16.6 Å². The molecule has 4 rings (SSSR count). The van der Waals surface area contributed by atoms with Crippen LogP contribution in [0.5, 0.6) is 5.75 Å². The predicted molar refractivity (Wildman–Crippen MR) is 113 cm³/mol. The fraction of sp³-hybridized carbons (Fsp3) is 0.375. The predicted octanol–water partition coefficient (Wildman–Crippen LogP) is 6.40. The summed E-state index contributed by atoms with van der Waals surface area (Å²) >= 11 is 0. The fourth-order valence-electron chi connectivity index (χ4n) is 4.25. The number of aromatic nitrogens is 1. The number of anilines is 1. The van der Waals surface area contributed by atoms with Crippen LogP contribution in [-0.4, -0.2) is 24.8 Å². The van der Waals surface area contributed by atoms with E-state index in [1.807, 2.05) is 25.1 Å². The molecule has 3 nitrogen and oxygen atoms in total. The lowest BCUT2D eigenvalue weighted by atomic mass is 9.84. The Morgan fingerprint density at radius 2 is 1.90 bits per heavy atom. The van der Waals surface area contributed by atoms with Crippen molar-refractivity contribution in [1.29, 1.82) is 0 Å². The first kappa shape index (κ1) is 21.4. The van der Waals surface area contributed by atoms with Gasteiger partial charge in [-0.15, -0.1) is 0 Å². The van der Waals surface area contributed by atoms with Crippen LogP contribution in [0.3, 0.4) is 0 Å². The Bertz CT molecular complexity index is 1090. The Hall–Kier alpha value is -2.83. The maximum atomic E-state index is 14.0. The highest BCUT2D eigenvalue weighted by Crippen LogP contribution is 2.57. The summed E-state index contributed by atoms with van der Waals surface area (Å²) in [5, 5.41) is 3.77. The third kappa shape index (κ3) is 4.45. The fourth-order valence-corrected chi connectivity index (χ4v) is 4.25. The molecule has 3 aromatic rings. The van der Waals surface area contributed by atoms with E-state index >= 15 is 0 Å². The van der Waals surface area contributed by atoms with Crippen LogP contribution >= 0.6 is 0 Å². The van der Waals surface area contributed by atoms with Crippen molar-refractivity contribution < 1.29 is 22.3 Å². The van der Waals surface area contributed by atoms with Gasteiger partial charge in [0.05, 0.1) is 18.5 Å². The summed E-state index contributed by atoms with van der Waals surface area (Å²) in [7, 11) is 1.45. The van der Waals surface area contributed by atoms with Crippen molar-refractivity contribution in [2.24, 2.45) is 5.92 Å². The minimum Gasteiger partial charge on any atom is -0.496 e. The molecule has 1 N–H and O–H groups in total. The highest BCUT2D eigenvalue weighted by Gasteiger charge is 2.52. The lowest BCUT2D eigenvalue weighted by Crippen LogP contribution is -2.33. The normalized spacial score (nSPS) is 16.2. The molecule has 1 aromatic heterocycles. The molecule has 0 bridgehead atoms. The van der Waals surface area contributed by atoms with Gasteiger partial charge in [0.1, 0.15) is 11.6 Å². The summed E-state index contributed by atoms with van der Waals surface area (Å²) in [6.45, 7) is 1.60. The van der Waals surface area contributed by atoms with Gasteiger partial charge in [-0.1, -0.05) is 6.07 Å². The maximum absolute atomic E-state index is 14.0. The zero-order valence-electron chi connectivity index (χ0n) is 17.4. The number of hydrogen-bond acceptors (Lipinski definition) is 3. The van der Waals surface area contributed by atoms with Crippen molar-refractivity contribution in [3.8, 4) is 5.75 Å². The molecule has 7 heteroatoms. The first-order chi connectivity index (χ1) is 14.7. The number of halogens is 4. The Kier molecular flexibility index (Phi) is 5.54. The number of rotatable bonds is 7. The number of alkyl halides is 3. The quantitative estimate of drug-likeness (QED) is 0.439. The molecule has 1 aliphatic rings. The molecule has 1 atom stereocenters. The zero-order chi connectivity index (χ0) is 22.2.